The molecule has 0 radical (unpaired) electrons. The zero-order valence-corrected chi connectivity index (χ0v) is 19.4. The number of ether oxygens (including phenoxy) is 1. The van der Waals surface area contributed by atoms with E-state index < -0.39 is 0 Å². The van der Waals surface area contributed by atoms with E-state index in [1.54, 1.807) is 0 Å². The molecule has 1 aromatic carbocycles. The molecular formula is C26H40N2O2. The molecule has 3 saturated carbocycles. The van der Waals surface area contributed by atoms with Gasteiger partial charge in [-0.15, -0.1) is 0 Å². The molecule has 166 valence electrons. The van der Waals surface area contributed by atoms with E-state index in [0.717, 1.165) is 30.0 Å². The van der Waals surface area contributed by atoms with Crippen molar-refractivity contribution in [3.8, 4) is 0 Å². The maximum absolute atomic E-state index is 13.2. The van der Waals surface area contributed by atoms with Gasteiger partial charge in [0, 0.05) is 18.3 Å². The van der Waals surface area contributed by atoms with Crippen molar-refractivity contribution in [2.45, 2.75) is 91.2 Å². The molecule has 0 saturated heterocycles. The molecule has 4 heteroatoms. The largest absolute Gasteiger partial charge is 0.376 e. The van der Waals surface area contributed by atoms with Crippen LogP contribution >= 0.6 is 0 Å². The summed E-state index contributed by atoms with van der Waals surface area (Å²) in [6, 6.07) is 8.38. The van der Waals surface area contributed by atoms with Crippen LogP contribution in [0.15, 0.2) is 24.3 Å². The van der Waals surface area contributed by atoms with Crippen molar-refractivity contribution in [3.05, 3.63) is 29.8 Å². The van der Waals surface area contributed by atoms with Gasteiger partial charge >= 0.3 is 6.03 Å². The lowest BCUT2D eigenvalue weighted by Gasteiger charge is -2.39. The van der Waals surface area contributed by atoms with Crippen LogP contribution in [-0.4, -0.2) is 36.2 Å². The summed E-state index contributed by atoms with van der Waals surface area (Å²) < 4.78 is 6.50. The summed E-state index contributed by atoms with van der Waals surface area (Å²) in [5.74, 6) is 0.784. The monoisotopic (exact) mass is 412 g/mol. The Hall–Kier alpha value is -1.55. The average Bonchev–Trinajstić information content (AvgIpc) is 3.07. The van der Waals surface area contributed by atoms with Crippen LogP contribution in [0, 0.1) is 23.7 Å². The summed E-state index contributed by atoms with van der Waals surface area (Å²) >= 11 is 0. The predicted molar refractivity (Wildman–Crippen MR) is 123 cm³/mol. The molecule has 1 aromatic rings. The minimum absolute atomic E-state index is 0.0271. The van der Waals surface area contributed by atoms with Gasteiger partial charge in [-0.1, -0.05) is 58.2 Å². The highest BCUT2D eigenvalue weighted by Crippen LogP contribution is 2.66. The van der Waals surface area contributed by atoms with Gasteiger partial charge in [0.05, 0.1) is 12.7 Å². The lowest BCUT2D eigenvalue weighted by molar-refractivity contribution is -0.0517. The fourth-order valence-electron chi connectivity index (χ4n) is 6.42. The zero-order valence-electron chi connectivity index (χ0n) is 19.4. The van der Waals surface area contributed by atoms with Crippen LogP contribution in [0.25, 0.3) is 0 Å². The number of amides is 2. The summed E-state index contributed by atoms with van der Waals surface area (Å²) in [7, 11) is 0. The first-order valence-electron chi connectivity index (χ1n) is 12.1. The fraction of sp³-hybridized carbons (Fsp3) is 0.731. The smallest absolute Gasteiger partial charge is 0.322 e. The number of aryl methyl sites for hydroxylation is 1. The predicted octanol–water partition coefficient (Wildman–Crippen LogP) is 6.39. The first-order chi connectivity index (χ1) is 14.3. The number of hydrogen-bond acceptors (Lipinski definition) is 2. The third kappa shape index (κ3) is 3.88. The molecule has 0 heterocycles. The molecule has 0 unspecified atom stereocenters. The summed E-state index contributed by atoms with van der Waals surface area (Å²) in [4.78, 5) is 15.3. The molecule has 3 fully saturated rings. The number of para-hydroxylation sites is 1. The van der Waals surface area contributed by atoms with E-state index in [1.807, 2.05) is 31.2 Å². The van der Waals surface area contributed by atoms with E-state index in [9.17, 15) is 4.79 Å². The number of rotatable bonds is 6. The minimum atomic E-state index is 0.0271. The standard InChI is InChI=1S/C26H40N2O2/c1-19-10-8-9-13-22(19)27-24(29)28(21-11-6-5-7-12-21)16-17-30-23-18-20-14-15-26(23,4)25(20,2)3/h8-10,13,20-21,23H,5-7,11-12,14-18H2,1-4H3,(H,27,29)/t20-,23-,26+/m1/s1. The fourth-order valence-corrected chi connectivity index (χ4v) is 6.42. The Kier molecular flexibility index (Phi) is 6.16. The average molecular weight is 413 g/mol. The second kappa shape index (κ2) is 8.53. The summed E-state index contributed by atoms with van der Waals surface area (Å²) in [6.07, 6.45) is 10.1. The highest BCUT2D eigenvalue weighted by atomic mass is 16.5. The van der Waals surface area contributed by atoms with Gasteiger partial charge in [-0.05, 0) is 67.4 Å². The number of nitrogens with zero attached hydrogens (tertiary/aromatic N) is 1. The Bertz CT molecular complexity index is 755. The Balaban J connectivity index is 1.39. The van der Waals surface area contributed by atoms with E-state index in [-0.39, 0.29) is 11.4 Å². The molecule has 30 heavy (non-hydrogen) atoms. The summed E-state index contributed by atoms with van der Waals surface area (Å²) in [5, 5.41) is 3.17. The topological polar surface area (TPSA) is 41.6 Å². The number of urea groups is 1. The van der Waals surface area contributed by atoms with Crippen LogP contribution in [0.4, 0.5) is 10.5 Å². The number of nitrogens with one attached hydrogen (secondary N) is 1. The molecule has 2 amide bonds. The molecule has 4 nitrogen and oxygen atoms in total. The molecule has 3 aliphatic rings. The number of carbonyl (C=O) groups excluding carboxylic acids is 1. The van der Waals surface area contributed by atoms with Crippen LogP contribution in [0.2, 0.25) is 0 Å². The van der Waals surface area contributed by atoms with Crippen molar-refractivity contribution in [1.82, 2.24) is 4.90 Å². The molecule has 0 spiro atoms. The number of hydrogen-bond donors (Lipinski definition) is 1. The van der Waals surface area contributed by atoms with Crippen molar-refractivity contribution in [2.75, 3.05) is 18.5 Å². The van der Waals surface area contributed by atoms with Gasteiger partial charge in [0.25, 0.3) is 0 Å². The normalized spacial score (nSPS) is 30.4. The molecule has 4 rings (SSSR count). The maximum atomic E-state index is 13.2. The highest BCUT2D eigenvalue weighted by molar-refractivity contribution is 5.90. The van der Waals surface area contributed by atoms with E-state index in [1.165, 1.54) is 38.5 Å². The Labute approximate surface area is 182 Å². The number of fused-ring (bicyclic) bond motifs is 2. The van der Waals surface area contributed by atoms with Gasteiger partial charge in [0.1, 0.15) is 0 Å². The van der Waals surface area contributed by atoms with Crippen molar-refractivity contribution in [2.24, 2.45) is 16.7 Å². The van der Waals surface area contributed by atoms with Crippen molar-refractivity contribution >= 4 is 11.7 Å². The van der Waals surface area contributed by atoms with E-state index >= 15 is 0 Å². The Morgan fingerprint density at radius 1 is 1.13 bits per heavy atom. The first-order valence-corrected chi connectivity index (χ1v) is 12.1. The zero-order chi connectivity index (χ0) is 21.4. The van der Waals surface area contributed by atoms with Crippen molar-refractivity contribution in [1.29, 1.82) is 0 Å². The van der Waals surface area contributed by atoms with Gasteiger partial charge in [0.2, 0.25) is 0 Å². The van der Waals surface area contributed by atoms with Crippen LogP contribution in [0.5, 0.6) is 0 Å². The highest BCUT2D eigenvalue weighted by Gasteiger charge is 2.61. The lowest BCUT2D eigenvalue weighted by atomic mass is 9.70. The first kappa shape index (κ1) is 21.7. The third-order valence-corrected chi connectivity index (χ3v) is 9.03. The van der Waals surface area contributed by atoms with Gasteiger partial charge in [0.15, 0.2) is 0 Å². The van der Waals surface area contributed by atoms with E-state index in [2.05, 4.69) is 31.0 Å². The van der Waals surface area contributed by atoms with Crippen molar-refractivity contribution < 1.29 is 9.53 Å². The minimum Gasteiger partial charge on any atom is -0.376 e. The molecule has 2 bridgehead atoms. The summed E-state index contributed by atoms with van der Waals surface area (Å²) in [6.45, 7) is 10.6. The lowest BCUT2D eigenvalue weighted by Crippen LogP contribution is -2.46. The molecule has 3 aliphatic carbocycles. The second-order valence-corrected chi connectivity index (χ2v) is 10.7. The summed E-state index contributed by atoms with van der Waals surface area (Å²) in [5.41, 5.74) is 2.65. The van der Waals surface area contributed by atoms with Gasteiger partial charge < -0.3 is 15.0 Å². The van der Waals surface area contributed by atoms with Crippen LogP contribution in [-0.2, 0) is 4.74 Å². The van der Waals surface area contributed by atoms with Crippen LogP contribution in [0.3, 0.4) is 0 Å². The SMILES string of the molecule is Cc1ccccc1NC(=O)N(CCO[C@@H]1C[C@H]2CC[C@]1(C)C2(C)C)C1CCCCC1. The molecule has 0 aromatic heterocycles. The third-order valence-electron chi connectivity index (χ3n) is 9.03. The number of anilines is 1. The van der Waals surface area contributed by atoms with Crippen LogP contribution < -0.4 is 5.32 Å². The van der Waals surface area contributed by atoms with Gasteiger partial charge in [-0.2, -0.15) is 0 Å². The number of benzene rings is 1. The van der Waals surface area contributed by atoms with E-state index in [0.29, 0.717) is 30.7 Å². The maximum Gasteiger partial charge on any atom is 0.322 e. The number of carbonyl (C=O) groups is 1. The second-order valence-electron chi connectivity index (χ2n) is 10.7. The Morgan fingerprint density at radius 3 is 2.50 bits per heavy atom. The van der Waals surface area contributed by atoms with Crippen LogP contribution in [0.1, 0.15) is 77.7 Å². The molecule has 0 aliphatic heterocycles. The quantitative estimate of drug-likeness (QED) is 0.588. The van der Waals surface area contributed by atoms with Gasteiger partial charge in [-0.25, -0.2) is 4.79 Å². The molecule has 1 N–H and O–H groups in total. The molecular weight excluding hydrogens is 372 g/mol. The van der Waals surface area contributed by atoms with Gasteiger partial charge in [-0.3, -0.25) is 0 Å². The Morgan fingerprint density at radius 2 is 1.87 bits per heavy atom. The van der Waals surface area contributed by atoms with Crippen molar-refractivity contribution in [3.63, 3.8) is 0 Å². The molecule has 3 atom stereocenters. The van der Waals surface area contributed by atoms with E-state index in [4.69, 9.17) is 4.74 Å².